The summed E-state index contributed by atoms with van der Waals surface area (Å²) < 4.78 is 55.9. The first-order chi connectivity index (χ1) is 17.3. The van der Waals surface area contributed by atoms with Crippen LogP contribution in [0.25, 0.3) is 21.7 Å². The second-order valence-corrected chi connectivity index (χ2v) is 7.90. The van der Waals surface area contributed by atoms with E-state index in [0.29, 0.717) is 32.9 Å². The molecule has 0 aliphatic rings. The van der Waals surface area contributed by atoms with E-state index in [0.717, 1.165) is 0 Å². The van der Waals surface area contributed by atoms with Crippen molar-refractivity contribution in [2.45, 2.75) is 6.92 Å². The van der Waals surface area contributed by atoms with E-state index in [9.17, 15) is 22.4 Å². The monoisotopic (exact) mass is 492 g/mol. The molecule has 3 aromatic carbocycles. The SMILES string of the molecule is Cc1ccc2c(Nc3c(F)c(F)cc(F)c3F)nccc2c1NC(=O)c1cccc2c(N)ncnc12. The highest BCUT2D eigenvalue weighted by Gasteiger charge is 2.21. The molecule has 5 rings (SSSR count). The number of anilines is 4. The number of rotatable bonds is 4. The highest BCUT2D eigenvalue weighted by atomic mass is 19.2. The van der Waals surface area contributed by atoms with Gasteiger partial charge in [0.15, 0.2) is 23.3 Å². The normalized spacial score (nSPS) is 11.1. The summed E-state index contributed by atoms with van der Waals surface area (Å²) >= 11 is 0. The van der Waals surface area contributed by atoms with Crippen molar-refractivity contribution in [3.8, 4) is 0 Å². The fraction of sp³-hybridized carbons (Fsp3) is 0.0400. The van der Waals surface area contributed by atoms with Gasteiger partial charge in [0.2, 0.25) is 0 Å². The first kappa shape index (κ1) is 23.0. The quantitative estimate of drug-likeness (QED) is 0.222. The number of carbonyl (C=O) groups excluding carboxylic acids is 1. The Hall–Kier alpha value is -4.80. The van der Waals surface area contributed by atoms with Gasteiger partial charge in [-0.25, -0.2) is 32.5 Å². The topological polar surface area (TPSA) is 106 Å². The van der Waals surface area contributed by atoms with Gasteiger partial charge in [0, 0.05) is 28.4 Å². The highest BCUT2D eigenvalue weighted by Crippen LogP contribution is 2.34. The zero-order chi connectivity index (χ0) is 25.6. The van der Waals surface area contributed by atoms with Gasteiger partial charge in [0.05, 0.1) is 16.8 Å². The molecule has 0 saturated heterocycles. The lowest BCUT2D eigenvalue weighted by Gasteiger charge is -2.16. The smallest absolute Gasteiger partial charge is 0.257 e. The summed E-state index contributed by atoms with van der Waals surface area (Å²) in [4.78, 5) is 25.4. The molecular formula is C25H16F4N6O. The molecule has 36 heavy (non-hydrogen) atoms. The van der Waals surface area contributed by atoms with Crippen LogP contribution in [0, 0.1) is 30.2 Å². The largest absolute Gasteiger partial charge is 0.383 e. The second kappa shape index (κ2) is 8.77. The maximum Gasteiger partial charge on any atom is 0.257 e. The molecule has 4 N–H and O–H groups in total. The molecule has 5 aromatic rings. The summed E-state index contributed by atoms with van der Waals surface area (Å²) in [6.07, 6.45) is 2.59. The Morgan fingerprint density at radius 3 is 2.36 bits per heavy atom. The lowest BCUT2D eigenvalue weighted by Crippen LogP contribution is -2.14. The first-order valence-electron chi connectivity index (χ1n) is 10.5. The molecule has 2 aromatic heterocycles. The van der Waals surface area contributed by atoms with E-state index in [4.69, 9.17) is 5.73 Å². The van der Waals surface area contributed by atoms with Crippen molar-refractivity contribution in [2.75, 3.05) is 16.4 Å². The van der Waals surface area contributed by atoms with Crippen LogP contribution < -0.4 is 16.4 Å². The van der Waals surface area contributed by atoms with E-state index in [1.807, 2.05) is 0 Å². The van der Waals surface area contributed by atoms with Crippen molar-refractivity contribution in [2.24, 2.45) is 0 Å². The molecule has 0 atom stereocenters. The summed E-state index contributed by atoms with van der Waals surface area (Å²) in [5.41, 5.74) is 6.57. The second-order valence-electron chi connectivity index (χ2n) is 7.90. The van der Waals surface area contributed by atoms with Gasteiger partial charge in [0.1, 0.15) is 23.7 Å². The molecule has 0 saturated carbocycles. The Kier molecular flexibility index (Phi) is 5.59. The van der Waals surface area contributed by atoms with Gasteiger partial charge in [-0.1, -0.05) is 18.2 Å². The van der Waals surface area contributed by atoms with Crippen molar-refractivity contribution >= 4 is 50.6 Å². The van der Waals surface area contributed by atoms with Crippen molar-refractivity contribution in [1.82, 2.24) is 15.0 Å². The summed E-state index contributed by atoms with van der Waals surface area (Å²) in [5.74, 6) is -6.62. The minimum absolute atomic E-state index is 0.0727. The first-order valence-corrected chi connectivity index (χ1v) is 10.5. The Balaban J connectivity index is 1.58. The van der Waals surface area contributed by atoms with E-state index in [1.54, 1.807) is 43.3 Å². The molecular weight excluding hydrogens is 476 g/mol. The number of nitrogens with zero attached hydrogens (tertiary/aromatic N) is 3. The van der Waals surface area contributed by atoms with E-state index < -0.39 is 34.9 Å². The van der Waals surface area contributed by atoms with Gasteiger partial charge in [-0.15, -0.1) is 0 Å². The van der Waals surface area contributed by atoms with Gasteiger partial charge >= 0.3 is 0 Å². The molecule has 2 heterocycles. The van der Waals surface area contributed by atoms with E-state index in [-0.39, 0.29) is 23.3 Å². The molecule has 0 unspecified atom stereocenters. The van der Waals surface area contributed by atoms with Gasteiger partial charge in [-0.3, -0.25) is 4.79 Å². The van der Waals surface area contributed by atoms with Crippen LogP contribution in [0.3, 0.4) is 0 Å². The predicted molar refractivity (Wildman–Crippen MR) is 128 cm³/mol. The number of nitrogen functional groups attached to an aromatic ring is 1. The van der Waals surface area contributed by atoms with Crippen molar-refractivity contribution in [3.63, 3.8) is 0 Å². The van der Waals surface area contributed by atoms with Crippen LogP contribution in [-0.2, 0) is 0 Å². The Bertz CT molecular complexity index is 1670. The van der Waals surface area contributed by atoms with E-state index in [1.165, 1.54) is 12.5 Å². The third kappa shape index (κ3) is 3.80. The molecule has 0 fully saturated rings. The molecule has 1 amide bonds. The van der Waals surface area contributed by atoms with Gasteiger partial charge in [0.25, 0.3) is 5.91 Å². The number of para-hydroxylation sites is 1. The molecule has 11 heteroatoms. The number of pyridine rings is 1. The number of nitrogens with one attached hydrogen (secondary N) is 2. The zero-order valence-electron chi connectivity index (χ0n) is 18.5. The van der Waals surface area contributed by atoms with Crippen LogP contribution in [0.15, 0.2) is 55.0 Å². The van der Waals surface area contributed by atoms with Crippen molar-refractivity contribution in [1.29, 1.82) is 0 Å². The number of benzene rings is 3. The third-order valence-electron chi connectivity index (χ3n) is 5.69. The lowest BCUT2D eigenvalue weighted by molar-refractivity contribution is 0.102. The number of carbonyl (C=O) groups is 1. The molecule has 0 bridgehead atoms. The van der Waals surface area contributed by atoms with Crippen LogP contribution in [0.1, 0.15) is 15.9 Å². The van der Waals surface area contributed by atoms with Crippen LogP contribution in [-0.4, -0.2) is 20.9 Å². The van der Waals surface area contributed by atoms with Crippen LogP contribution in [0.4, 0.5) is 40.6 Å². The van der Waals surface area contributed by atoms with Gasteiger partial charge < -0.3 is 16.4 Å². The van der Waals surface area contributed by atoms with E-state index in [2.05, 4.69) is 25.6 Å². The van der Waals surface area contributed by atoms with Crippen LogP contribution in [0.5, 0.6) is 0 Å². The number of hydrogen-bond donors (Lipinski definition) is 3. The number of halogens is 4. The number of aromatic nitrogens is 3. The third-order valence-corrected chi connectivity index (χ3v) is 5.69. The molecule has 180 valence electrons. The van der Waals surface area contributed by atoms with Crippen molar-refractivity contribution in [3.05, 3.63) is 89.4 Å². The Labute approximate surface area is 201 Å². The Morgan fingerprint density at radius 2 is 1.61 bits per heavy atom. The number of aryl methyl sites for hydroxylation is 1. The highest BCUT2D eigenvalue weighted by molar-refractivity contribution is 6.16. The number of hydrogen-bond acceptors (Lipinski definition) is 6. The average molecular weight is 492 g/mol. The number of fused-ring (bicyclic) bond motifs is 2. The summed E-state index contributed by atoms with van der Waals surface area (Å²) in [5, 5.41) is 6.51. The summed E-state index contributed by atoms with van der Waals surface area (Å²) in [6, 6.07) is 9.91. The number of nitrogens with two attached hydrogens (primary N) is 1. The maximum absolute atomic E-state index is 14.2. The summed E-state index contributed by atoms with van der Waals surface area (Å²) in [6.45, 7) is 1.76. The molecule has 0 aliphatic heterocycles. The standard InChI is InChI=1S/C25H16F4N6O/c1-11-5-6-13-12(7-8-31-24(13)34-22-18(28)16(26)9-17(27)19(22)29)20(11)35-25(36)15-4-2-3-14-21(15)32-10-33-23(14)30/h2-10H,1H3,(H,31,34)(H,35,36)(H2,30,32,33). The van der Waals surface area contributed by atoms with Gasteiger partial charge in [-0.2, -0.15) is 0 Å². The maximum atomic E-state index is 14.2. The average Bonchev–Trinajstić information content (AvgIpc) is 2.87. The van der Waals surface area contributed by atoms with Gasteiger partial charge in [-0.05, 0) is 30.7 Å². The summed E-state index contributed by atoms with van der Waals surface area (Å²) in [7, 11) is 0. The molecule has 0 spiro atoms. The van der Waals surface area contributed by atoms with Crippen LogP contribution in [0.2, 0.25) is 0 Å². The number of amides is 1. The van der Waals surface area contributed by atoms with Crippen molar-refractivity contribution < 1.29 is 22.4 Å². The zero-order valence-corrected chi connectivity index (χ0v) is 18.5. The molecule has 0 aliphatic carbocycles. The lowest BCUT2D eigenvalue weighted by atomic mass is 10.0. The minimum Gasteiger partial charge on any atom is -0.383 e. The van der Waals surface area contributed by atoms with E-state index >= 15 is 0 Å². The van der Waals surface area contributed by atoms with Crippen LogP contribution >= 0.6 is 0 Å². The Morgan fingerprint density at radius 1 is 0.861 bits per heavy atom. The molecule has 7 nitrogen and oxygen atoms in total. The molecule has 0 radical (unpaired) electrons. The fourth-order valence-electron chi connectivity index (χ4n) is 3.90. The predicted octanol–water partition coefficient (Wildman–Crippen LogP) is 5.62. The fourth-order valence-corrected chi connectivity index (χ4v) is 3.90. The minimum atomic E-state index is -1.59.